The molecule has 21 heavy (non-hydrogen) atoms. The Hall–Kier alpha value is -2.07. The number of rotatable bonds is 2. The molecule has 2 N–H and O–H groups in total. The highest BCUT2D eigenvalue weighted by Gasteiger charge is 2.13. The van der Waals surface area contributed by atoms with Gasteiger partial charge in [0.05, 0.1) is 11.4 Å². The summed E-state index contributed by atoms with van der Waals surface area (Å²) in [6.45, 7) is 2.81. The fourth-order valence-electron chi connectivity index (χ4n) is 2.47. The van der Waals surface area contributed by atoms with E-state index in [1.165, 1.54) is 5.56 Å². The summed E-state index contributed by atoms with van der Waals surface area (Å²) in [7, 11) is 0. The second-order valence-corrected chi connectivity index (χ2v) is 5.51. The highest BCUT2D eigenvalue weighted by Crippen LogP contribution is 2.24. The molecule has 0 spiro atoms. The number of hydrogen-bond donors (Lipinski definition) is 2. The Kier molecular flexibility index (Phi) is 3.80. The quantitative estimate of drug-likeness (QED) is 0.832. The zero-order valence-electron chi connectivity index (χ0n) is 11.7. The van der Waals surface area contributed by atoms with E-state index in [9.17, 15) is 4.79 Å². The minimum atomic E-state index is -0.129. The topological polar surface area (TPSA) is 54.0 Å². The van der Waals surface area contributed by atoms with Crippen LogP contribution in [0.25, 0.3) is 0 Å². The van der Waals surface area contributed by atoms with Crippen LogP contribution in [0, 0.1) is 6.92 Å². The van der Waals surface area contributed by atoms with Gasteiger partial charge in [-0.05, 0) is 55.7 Å². The molecule has 0 atom stereocenters. The van der Waals surface area contributed by atoms with Gasteiger partial charge in [-0.1, -0.05) is 11.6 Å². The molecule has 1 aromatic heterocycles. The Morgan fingerprint density at radius 1 is 1.33 bits per heavy atom. The standard InChI is InChI=1S/C16H16ClN3O/c1-10-13(6-7-15(17)19-10)20-16(21)12-4-5-14-11(9-12)3-2-8-18-14/h4-7,9,18H,2-3,8H2,1H3,(H,20,21). The van der Waals surface area contributed by atoms with Crippen LogP contribution in [-0.2, 0) is 6.42 Å². The molecule has 1 aromatic carbocycles. The average molecular weight is 302 g/mol. The SMILES string of the molecule is Cc1nc(Cl)ccc1NC(=O)c1ccc2c(c1)CCCN2. The van der Waals surface area contributed by atoms with Crippen molar-refractivity contribution in [3.63, 3.8) is 0 Å². The van der Waals surface area contributed by atoms with Crippen molar-refractivity contribution in [2.24, 2.45) is 0 Å². The lowest BCUT2D eigenvalue weighted by Crippen LogP contribution is -2.16. The number of halogens is 1. The van der Waals surface area contributed by atoms with Crippen LogP contribution < -0.4 is 10.6 Å². The van der Waals surface area contributed by atoms with Gasteiger partial charge in [0, 0.05) is 17.8 Å². The number of aryl methyl sites for hydroxylation is 2. The van der Waals surface area contributed by atoms with Crippen LogP contribution >= 0.6 is 11.6 Å². The number of nitrogens with zero attached hydrogens (tertiary/aromatic N) is 1. The van der Waals surface area contributed by atoms with E-state index in [2.05, 4.69) is 15.6 Å². The number of carbonyl (C=O) groups excluding carboxylic acids is 1. The minimum Gasteiger partial charge on any atom is -0.385 e. The third-order valence-electron chi connectivity index (χ3n) is 3.61. The molecule has 3 rings (SSSR count). The third-order valence-corrected chi connectivity index (χ3v) is 3.82. The molecule has 2 aromatic rings. The van der Waals surface area contributed by atoms with Crippen LogP contribution in [0.5, 0.6) is 0 Å². The summed E-state index contributed by atoms with van der Waals surface area (Å²) < 4.78 is 0. The first-order valence-electron chi connectivity index (χ1n) is 6.95. The van der Waals surface area contributed by atoms with E-state index in [0.29, 0.717) is 22.1 Å². The maximum absolute atomic E-state index is 12.3. The summed E-state index contributed by atoms with van der Waals surface area (Å²) in [5, 5.41) is 6.64. The number of hydrogen-bond acceptors (Lipinski definition) is 3. The van der Waals surface area contributed by atoms with Gasteiger partial charge in [0.1, 0.15) is 5.15 Å². The zero-order valence-corrected chi connectivity index (χ0v) is 12.5. The van der Waals surface area contributed by atoms with Crippen molar-refractivity contribution in [3.05, 3.63) is 52.3 Å². The number of fused-ring (bicyclic) bond motifs is 1. The third kappa shape index (κ3) is 3.00. The van der Waals surface area contributed by atoms with Crippen molar-refractivity contribution in [1.29, 1.82) is 0 Å². The molecule has 4 nitrogen and oxygen atoms in total. The highest BCUT2D eigenvalue weighted by molar-refractivity contribution is 6.29. The fourth-order valence-corrected chi connectivity index (χ4v) is 2.66. The van der Waals surface area contributed by atoms with Gasteiger partial charge in [-0.3, -0.25) is 4.79 Å². The molecular formula is C16H16ClN3O. The molecule has 1 amide bonds. The molecule has 0 bridgehead atoms. The normalized spacial score (nSPS) is 13.2. The molecule has 0 unspecified atom stereocenters. The Labute approximate surface area is 128 Å². The number of benzene rings is 1. The second kappa shape index (κ2) is 5.74. The Morgan fingerprint density at radius 3 is 3.00 bits per heavy atom. The summed E-state index contributed by atoms with van der Waals surface area (Å²) in [6, 6.07) is 9.19. The van der Waals surface area contributed by atoms with Crippen LogP contribution in [0.1, 0.15) is 28.0 Å². The summed E-state index contributed by atoms with van der Waals surface area (Å²) in [6.07, 6.45) is 2.10. The zero-order chi connectivity index (χ0) is 14.8. The number of nitrogens with one attached hydrogen (secondary N) is 2. The van der Waals surface area contributed by atoms with E-state index >= 15 is 0 Å². The first-order valence-corrected chi connectivity index (χ1v) is 7.32. The molecule has 1 aliphatic rings. The summed E-state index contributed by atoms with van der Waals surface area (Å²) in [5.74, 6) is -0.129. The van der Waals surface area contributed by atoms with Crippen molar-refractivity contribution in [3.8, 4) is 0 Å². The van der Waals surface area contributed by atoms with Crippen LogP contribution in [-0.4, -0.2) is 17.4 Å². The summed E-state index contributed by atoms with van der Waals surface area (Å²) >= 11 is 5.82. The van der Waals surface area contributed by atoms with Gasteiger partial charge < -0.3 is 10.6 Å². The first-order chi connectivity index (χ1) is 10.1. The van der Waals surface area contributed by atoms with Crippen molar-refractivity contribution in [1.82, 2.24) is 4.98 Å². The van der Waals surface area contributed by atoms with E-state index in [-0.39, 0.29) is 5.91 Å². The summed E-state index contributed by atoms with van der Waals surface area (Å²) in [4.78, 5) is 16.5. The molecule has 5 heteroatoms. The molecule has 0 saturated heterocycles. The highest BCUT2D eigenvalue weighted by atomic mass is 35.5. The average Bonchev–Trinajstić information content (AvgIpc) is 2.49. The van der Waals surface area contributed by atoms with Gasteiger partial charge in [-0.15, -0.1) is 0 Å². The maximum atomic E-state index is 12.3. The molecular weight excluding hydrogens is 286 g/mol. The lowest BCUT2D eigenvalue weighted by atomic mass is 10.0. The van der Waals surface area contributed by atoms with Crippen LogP contribution in [0.15, 0.2) is 30.3 Å². The van der Waals surface area contributed by atoms with Crippen LogP contribution in [0.4, 0.5) is 11.4 Å². The number of carbonyl (C=O) groups is 1. The van der Waals surface area contributed by atoms with Crippen molar-refractivity contribution in [2.45, 2.75) is 19.8 Å². The van der Waals surface area contributed by atoms with Gasteiger partial charge in [0.2, 0.25) is 0 Å². The number of anilines is 2. The van der Waals surface area contributed by atoms with E-state index in [1.54, 1.807) is 12.1 Å². The first kappa shape index (κ1) is 13.9. The summed E-state index contributed by atoms with van der Waals surface area (Å²) in [5.41, 5.74) is 4.37. The van der Waals surface area contributed by atoms with Gasteiger partial charge >= 0.3 is 0 Å². The molecule has 108 valence electrons. The van der Waals surface area contributed by atoms with E-state index < -0.39 is 0 Å². The lowest BCUT2D eigenvalue weighted by Gasteiger charge is -2.18. The lowest BCUT2D eigenvalue weighted by molar-refractivity contribution is 0.102. The van der Waals surface area contributed by atoms with E-state index in [4.69, 9.17) is 11.6 Å². The Morgan fingerprint density at radius 2 is 2.19 bits per heavy atom. The molecule has 0 radical (unpaired) electrons. The number of aromatic nitrogens is 1. The largest absolute Gasteiger partial charge is 0.385 e. The predicted octanol–water partition coefficient (Wildman–Crippen LogP) is 3.65. The van der Waals surface area contributed by atoms with Gasteiger partial charge in [0.25, 0.3) is 5.91 Å². The van der Waals surface area contributed by atoms with Gasteiger partial charge in [-0.25, -0.2) is 4.98 Å². The van der Waals surface area contributed by atoms with Crippen LogP contribution in [0.2, 0.25) is 5.15 Å². The molecule has 0 saturated carbocycles. The Balaban J connectivity index is 1.82. The molecule has 0 aliphatic carbocycles. The molecule has 2 heterocycles. The van der Waals surface area contributed by atoms with E-state index in [1.807, 2.05) is 25.1 Å². The van der Waals surface area contributed by atoms with Crippen molar-refractivity contribution >= 4 is 28.9 Å². The maximum Gasteiger partial charge on any atom is 0.255 e. The monoisotopic (exact) mass is 301 g/mol. The minimum absolute atomic E-state index is 0.129. The molecule has 0 fully saturated rings. The number of amides is 1. The number of pyridine rings is 1. The second-order valence-electron chi connectivity index (χ2n) is 5.12. The fraction of sp³-hybridized carbons (Fsp3) is 0.250. The van der Waals surface area contributed by atoms with Crippen molar-refractivity contribution in [2.75, 3.05) is 17.2 Å². The van der Waals surface area contributed by atoms with Gasteiger partial charge in [-0.2, -0.15) is 0 Å². The van der Waals surface area contributed by atoms with Gasteiger partial charge in [0.15, 0.2) is 0 Å². The smallest absolute Gasteiger partial charge is 0.255 e. The van der Waals surface area contributed by atoms with Crippen molar-refractivity contribution < 1.29 is 4.79 Å². The van der Waals surface area contributed by atoms with Crippen LogP contribution in [0.3, 0.4) is 0 Å². The van der Waals surface area contributed by atoms with E-state index in [0.717, 1.165) is 25.1 Å². The Bertz CT molecular complexity index is 700. The molecule has 1 aliphatic heterocycles. The predicted molar refractivity (Wildman–Crippen MR) is 85.2 cm³/mol.